The molecule has 3 rings (SSSR count). The van der Waals surface area contributed by atoms with E-state index < -0.39 is 45.3 Å². The third kappa shape index (κ3) is 5.56. The number of carbonyl (C=O) groups excluding carboxylic acids is 3. The summed E-state index contributed by atoms with van der Waals surface area (Å²) >= 11 is 0. The van der Waals surface area contributed by atoms with Crippen LogP contribution in [0.4, 0.5) is 11.4 Å². The van der Waals surface area contributed by atoms with Gasteiger partial charge in [-0.2, -0.15) is 0 Å². The Morgan fingerprint density at radius 3 is 2.38 bits per heavy atom. The SMILES string of the molecule is C[C@H](NC(=O)[C@@H]1CCCN1)C(=O)N(C1CCCCC1)[C@H](C=O)c1ccc([N+](=O)[O-])cc1[N+](=O)[O-]. The third-order valence-corrected chi connectivity index (χ3v) is 6.50. The molecule has 2 fully saturated rings. The van der Waals surface area contributed by atoms with Crippen molar-refractivity contribution in [3.8, 4) is 0 Å². The molecule has 34 heavy (non-hydrogen) atoms. The highest BCUT2D eigenvalue weighted by Crippen LogP contribution is 2.35. The average Bonchev–Trinajstić information content (AvgIpc) is 3.37. The first-order valence-electron chi connectivity index (χ1n) is 11.5. The molecular formula is C22H29N5O7. The molecule has 1 aromatic carbocycles. The van der Waals surface area contributed by atoms with Crippen molar-refractivity contribution in [3.63, 3.8) is 0 Å². The number of nitro benzene ring substituents is 2. The minimum absolute atomic E-state index is 0.0968. The minimum atomic E-state index is -1.32. The van der Waals surface area contributed by atoms with Crippen LogP contribution in [0.25, 0.3) is 0 Å². The largest absolute Gasteiger partial charge is 0.343 e. The third-order valence-electron chi connectivity index (χ3n) is 6.50. The second-order valence-corrected chi connectivity index (χ2v) is 8.75. The summed E-state index contributed by atoms with van der Waals surface area (Å²) < 4.78 is 0. The van der Waals surface area contributed by atoms with Gasteiger partial charge in [-0.25, -0.2) is 0 Å². The van der Waals surface area contributed by atoms with Crippen LogP contribution < -0.4 is 10.6 Å². The standard InChI is InChI=1S/C22H29N5O7/c1-14(24-21(29)18-8-5-11-23-18)22(30)25(15-6-3-2-4-7-15)20(13-28)17-10-9-16(26(31)32)12-19(17)27(33)34/h9-10,12-15,18,20,23H,2-8,11H2,1H3,(H,24,29)/t14-,18-,20+/m0/s1. The lowest BCUT2D eigenvalue weighted by Gasteiger charge is -2.39. The van der Waals surface area contributed by atoms with Gasteiger partial charge in [-0.05, 0) is 45.2 Å². The van der Waals surface area contributed by atoms with Crippen LogP contribution in [0.3, 0.4) is 0 Å². The number of benzene rings is 1. The van der Waals surface area contributed by atoms with Crippen LogP contribution in [-0.4, -0.2) is 57.5 Å². The van der Waals surface area contributed by atoms with E-state index in [2.05, 4.69) is 10.6 Å². The van der Waals surface area contributed by atoms with Crippen molar-refractivity contribution in [2.24, 2.45) is 0 Å². The molecule has 0 bridgehead atoms. The molecule has 1 aromatic rings. The maximum absolute atomic E-state index is 13.6. The Morgan fingerprint density at radius 1 is 1.12 bits per heavy atom. The number of nitrogens with zero attached hydrogens (tertiary/aromatic N) is 3. The Morgan fingerprint density at radius 2 is 1.82 bits per heavy atom. The number of hydrogen-bond donors (Lipinski definition) is 2. The summed E-state index contributed by atoms with van der Waals surface area (Å²) in [7, 11) is 0. The lowest BCUT2D eigenvalue weighted by Crippen LogP contribution is -2.54. The van der Waals surface area contributed by atoms with E-state index >= 15 is 0 Å². The number of carbonyl (C=O) groups is 3. The molecule has 3 atom stereocenters. The Hall–Kier alpha value is -3.41. The Labute approximate surface area is 196 Å². The van der Waals surface area contributed by atoms with Crippen molar-refractivity contribution in [2.75, 3.05) is 6.54 Å². The summed E-state index contributed by atoms with van der Waals surface area (Å²) in [5, 5.41) is 28.6. The molecule has 1 heterocycles. The Kier molecular flexibility index (Phi) is 8.26. The van der Waals surface area contributed by atoms with E-state index in [1.54, 1.807) is 0 Å². The second kappa shape index (κ2) is 11.1. The van der Waals surface area contributed by atoms with Crippen LogP contribution in [0.5, 0.6) is 0 Å². The molecule has 12 nitrogen and oxygen atoms in total. The van der Waals surface area contributed by atoms with Gasteiger partial charge >= 0.3 is 0 Å². The highest BCUT2D eigenvalue weighted by atomic mass is 16.6. The molecule has 0 spiro atoms. The number of nitrogens with one attached hydrogen (secondary N) is 2. The van der Waals surface area contributed by atoms with Gasteiger partial charge in [0, 0.05) is 12.1 Å². The van der Waals surface area contributed by atoms with Gasteiger partial charge in [0.2, 0.25) is 11.8 Å². The zero-order valence-corrected chi connectivity index (χ0v) is 19.0. The van der Waals surface area contributed by atoms with Crippen LogP contribution in [0.15, 0.2) is 18.2 Å². The van der Waals surface area contributed by atoms with E-state index in [-0.39, 0.29) is 17.5 Å². The quantitative estimate of drug-likeness (QED) is 0.311. The minimum Gasteiger partial charge on any atom is -0.343 e. The molecular weight excluding hydrogens is 446 g/mol. The van der Waals surface area contributed by atoms with Crippen LogP contribution in [0, 0.1) is 20.2 Å². The van der Waals surface area contributed by atoms with E-state index in [0.29, 0.717) is 32.1 Å². The second-order valence-electron chi connectivity index (χ2n) is 8.75. The van der Waals surface area contributed by atoms with Gasteiger partial charge in [-0.15, -0.1) is 0 Å². The highest BCUT2D eigenvalue weighted by molar-refractivity contribution is 5.91. The molecule has 1 saturated carbocycles. The summed E-state index contributed by atoms with van der Waals surface area (Å²) in [5.41, 5.74) is -1.19. The van der Waals surface area contributed by atoms with E-state index in [4.69, 9.17) is 0 Å². The molecule has 1 saturated heterocycles. The van der Waals surface area contributed by atoms with E-state index in [1.165, 1.54) is 11.8 Å². The highest BCUT2D eigenvalue weighted by Gasteiger charge is 2.39. The van der Waals surface area contributed by atoms with E-state index in [9.17, 15) is 34.6 Å². The smallest absolute Gasteiger partial charge is 0.282 e. The first-order valence-corrected chi connectivity index (χ1v) is 11.5. The van der Waals surface area contributed by atoms with E-state index in [0.717, 1.165) is 43.9 Å². The summed E-state index contributed by atoms with van der Waals surface area (Å²) in [6, 6.07) is 0.0128. The molecule has 0 radical (unpaired) electrons. The van der Waals surface area contributed by atoms with Crippen LogP contribution in [0.1, 0.15) is 63.5 Å². The van der Waals surface area contributed by atoms with Crippen LogP contribution in [0.2, 0.25) is 0 Å². The fourth-order valence-corrected chi connectivity index (χ4v) is 4.75. The van der Waals surface area contributed by atoms with Crippen molar-refractivity contribution < 1.29 is 24.2 Å². The van der Waals surface area contributed by atoms with Crippen molar-refractivity contribution in [1.29, 1.82) is 0 Å². The first-order chi connectivity index (χ1) is 16.2. The zero-order valence-electron chi connectivity index (χ0n) is 19.0. The molecule has 0 aromatic heterocycles. The van der Waals surface area contributed by atoms with E-state index in [1.807, 2.05) is 0 Å². The summed E-state index contributed by atoms with van der Waals surface area (Å²) in [4.78, 5) is 61.0. The topological polar surface area (TPSA) is 165 Å². The maximum Gasteiger partial charge on any atom is 0.282 e. The van der Waals surface area contributed by atoms with Gasteiger partial charge in [0.1, 0.15) is 18.4 Å². The molecule has 1 aliphatic heterocycles. The van der Waals surface area contributed by atoms with Crippen molar-refractivity contribution in [1.82, 2.24) is 15.5 Å². The lowest BCUT2D eigenvalue weighted by atomic mass is 9.91. The molecule has 2 amide bonds. The summed E-state index contributed by atoms with van der Waals surface area (Å²) in [5.74, 6) is -0.839. The summed E-state index contributed by atoms with van der Waals surface area (Å²) in [6.45, 7) is 2.24. The molecule has 12 heteroatoms. The van der Waals surface area contributed by atoms with Crippen molar-refractivity contribution in [3.05, 3.63) is 44.0 Å². The Bertz CT molecular complexity index is 957. The predicted molar refractivity (Wildman–Crippen MR) is 121 cm³/mol. The Balaban J connectivity index is 1.96. The zero-order chi connectivity index (χ0) is 24.8. The van der Waals surface area contributed by atoms with Gasteiger partial charge in [0.05, 0.1) is 27.5 Å². The summed E-state index contributed by atoms with van der Waals surface area (Å²) in [6.07, 6.45) is 5.82. The fraction of sp³-hybridized carbons (Fsp3) is 0.591. The van der Waals surface area contributed by atoms with Gasteiger partial charge in [-0.3, -0.25) is 29.8 Å². The number of amides is 2. The van der Waals surface area contributed by atoms with Crippen molar-refractivity contribution >= 4 is 29.5 Å². The van der Waals surface area contributed by atoms with Gasteiger partial charge in [0.15, 0.2) is 0 Å². The van der Waals surface area contributed by atoms with Gasteiger partial charge in [-0.1, -0.05) is 19.3 Å². The predicted octanol–water partition coefficient (Wildman–Crippen LogP) is 2.16. The molecule has 0 unspecified atom stereocenters. The maximum atomic E-state index is 13.6. The fourth-order valence-electron chi connectivity index (χ4n) is 4.75. The van der Waals surface area contributed by atoms with Gasteiger partial charge in [0.25, 0.3) is 11.4 Å². The number of non-ortho nitro benzene ring substituents is 1. The molecule has 2 aliphatic rings. The van der Waals surface area contributed by atoms with Gasteiger partial charge < -0.3 is 20.3 Å². The van der Waals surface area contributed by atoms with Crippen LogP contribution in [-0.2, 0) is 14.4 Å². The number of nitro groups is 2. The molecule has 184 valence electrons. The van der Waals surface area contributed by atoms with Crippen molar-refractivity contribution in [2.45, 2.75) is 76.0 Å². The number of aldehydes is 1. The average molecular weight is 476 g/mol. The monoisotopic (exact) mass is 475 g/mol. The first kappa shape index (κ1) is 25.2. The molecule has 1 aliphatic carbocycles. The molecule has 2 N–H and O–H groups in total. The van der Waals surface area contributed by atoms with Crippen LogP contribution >= 0.6 is 0 Å². The number of rotatable bonds is 9. The lowest BCUT2D eigenvalue weighted by molar-refractivity contribution is -0.394. The number of hydrogen-bond acceptors (Lipinski definition) is 8. The normalized spacial score (nSPS) is 20.2.